The van der Waals surface area contributed by atoms with Gasteiger partial charge in [0, 0.05) is 24.9 Å². The minimum atomic E-state index is -3.57. The van der Waals surface area contributed by atoms with Gasteiger partial charge in [0.05, 0.1) is 10.8 Å². The molecule has 0 aliphatic carbocycles. The molecule has 0 aliphatic heterocycles. The van der Waals surface area contributed by atoms with Crippen molar-refractivity contribution in [3.05, 3.63) is 29.6 Å². The number of hydrogen-bond donors (Lipinski definition) is 0. The van der Waals surface area contributed by atoms with Crippen LogP contribution in [0.15, 0.2) is 23.1 Å². The van der Waals surface area contributed by atoms with Crippen LogP contribution >= 0.6 is 23.4 Å². The van der Waals surface area contributed by atoms with E-state index in [1.165, 1.54) is 23.5 Å². The molecular formula is C11H15ClFNO2S2. The van der Waals surface area contributed by atoms with Gasteiger partial charge in [0.2, 0.25) is 10.0 Å². The Labute approximate surface area is 116 Å². The van der Waals surface area contributed by atoms with Crippen LogP contribution in [0.4, 0.5) is 4.39 Å². The molecule has 0 aliphatic rings. The lowest BCUT2D eigenvalue weighted by atomic mass is 10.2. The molecule has 0 spiro atoms. The van der Waals surface area contributed by atoms with Gasteiger partial charge in [-0.2, -0.15) is 11.8 Å². The molecule has 7 heteroatoms. The normalized spacial score (nSPS) is 12.1. The Morgan fingerprint density at radius 1 is 1.44 bits per heavy atom. The number of hydrogen-bond acceptors (Lipinski definition) is 3. The predicted molar refractivity (Wildman–Crippen MR) is 74.2 cm³/mol. The molecule has 0 radical (unpaired) electrons. The van der Waals surface area contributed by atoms with Crippen LogP contribution in [0.3, 0.4) is 0 Å². The first kappa shape index (κ1) is 15.8. The minimum absolute atomic E-state index is 0.0519. The summed E-state index contributed by atoms with van der Waals surface area (Å²) in [5.41, 5.74) is 0.191. The molecule has 1 aromatic rings. The molecule has 0 atom stereocenters. The first-order valence-electron chi connectivity index (χ1n) is 5.23. The highest BCUT2D eigenvalue weighted by molar-refractivity contribution is 7.98. The fraction of sp³-hybridized carbons (Fsp3) is 0.455. The maximum Gasteiger partial charge on any atom is 0.242 e. The van der Waals surface area contributed by atoms with Crippen LogP contribution in [0.2, 0.25) is 0 Å². The van der Waals surface area contributed by atoms with Crippen LogP contribution in [-0.4, -0.2) is 38.3 Å². The Morgan fingerprint density at radius 2 is 2.11 bits per heavy atom. The summed E-state index contributed by atoms with van der Waals surface area (Å²) < 4.78 is 38.9. The van der Waals surface area contributed by atoms with E-state index < -0.39 is 15.8 Å². The fourth-order valence-corrected chi connectivity index (χ4v) is 3.33. The van der Waals surface area contributed by atoms with E-state index in [9.17, 15) is 12.8 Å². The van der Waals surface area contributed by atoms with E-state index in [0.29, 0.717) is 12.3 Å². The Hall–Kier alpha value is -0.300. The van der Waals surface area contributed by atoms with Crippen LogP contribution in [0.5, 0.6) is 0 Å². The molecule has 0 unspecified atom stereocenters. The average Bonchev–Trinajstić information content (AvgIpc) is 2.36. The molecule has 1 rings (SSSR count). The molecule has 0 saturated carbocycles. The smallest absolute Gasteiger partial charge is 0.207 e. The molecule has 0 bridgehead atoms. The van der Waals surface area contributed by atoms with Crippen molar-refractivity contribution in [3.63, 3.8) is 0 Å². The van der Waals surface area contributed by atoms with Crippen LogP contribution in [0.25, 0.3) is 0 Å². The molecule has 0 saturated heterocycles. The third kappa shape index (κ3) is 3.60. The quantitative estimate of drug-likeness (QED) is 0.758. The fourth-order valence-electron chi connectivity index (χ4n) is 1.33. The molecule has 0 heterocycles. The van der Waals surface area contributed by atoms with Crippen molar-refractivity contribution >= 4 is 33.4 Å². The average molecular weight is 312 g/mol. The highest BCUT2D eigenvalue weighted by Gasteiger charge is 2.21. The second-order valence-electron chi connectivity index (χ2n) is 3.71. The van der Waals surface area contributed by atoms with Gasteiger partial charge in [-0.25, -0.2) is 17.1 Å². The molecule has 0 amide bonds. The first-order chi connectivity index (χ1) is 8.43. The van der Waals surface area contributed by atoms with Crippen molar-refractivity contribution in [3.8, 4) is 0 Å². The Bertz CT molecular complexity index is 508. The lowest BCUT2D eigenvalue weighted by Gasteiger charge is -2.17. The highest BCUT2D eigenvalue weighted by atomic mass is 35.5. The second-order valence-corrected chi connectivity index (χ2v) is 7.00. The number of rotatable bonds is 6. The summed E-state index contributed by atoms with van der Waals surface area (Å²) in [6.45, 7) is 0.414. The number of alkyl halides is 1. The lowest BCUT2D eigenvalue weighted by molar-refractivity contribution is 0.488. The van der Waals surface area contributed by atoms with Gasteiger partial charge in [-0.1, -0.05) is 0 Å². The van der Waals surface area contributed by atoms with E-state index in [-0.39, 0.29) is 16.3 Å². The van der Waals surface area contributed by atoms with Crippen molar-refractivity contribution in [2.24, 2.45) is 0 Å². The van der Waals surface area contributed by atoms with Crippen molar-refractivity contribution in [1.82, 2.24) is 4.31 Å². The summed E-state index contributed by atoms with van der Waals surface area (Å²) in [6, 6.07) is 3.68. The Balaban J connectivity index is 3.05. The number of halogens is 2. The zero-order valence-corrected chi connectivity index (χ0v) is 12.6. The van der Waals surface area contributed by atoms with Gasteiger partial charge >= 0.3 is 0 Å². The van der Waals surface area contributed by atoms with Gasteiger partial charge in [0.15, 0.2) is 0 Å². The third-order valence-corrected chi connectivity index (χ3v) is 5.21. The monoisotopic (exact) mass is 311 g/mol. The van der Waals surface area contributed by atoms with E-state index in [2.05, 4.69) is 0 Å². The van der Waals surface area contributed by atoms with Crippen LogP contribution in [0, 0.1) is 5.82 Å². The van der Waals surface area contributed by atoms with Gasteiger partial charge in [-0.3, -0.25) is 0 Å². The zero-order valence-electron chi connectivity index (χ0n) is 10.2. The molecule has 0 fully saturated rings. The molecule has 102 valence electrons. The molecule has 0 N–H and O–H groups in total. The maximum atomic E-state index is 13.3. The molecule has 1 aromatic carbocycles. The Kier molecular flexibility index (Phi) is 5.91. The number of nitrogens with zero attached hydrogens (tertiary/aromatic N) is 1. The summed E-state index contributed by atoms with van der Waals surface area (Å²) in [6.07, 6.45) is 1.91. The first-order valence-corrected chi connectivity index (χ1v) is 8.60. The zero-order chi connectivity index (χ0) is 13.8. The molecule has 0 aromatic heterocycles. The lowest BCUT2D eigenvalue weighted by Crippen LogP contribution is -2.29. The van der Waals surface area contributed by atoms with Crippen LogP contribution < -0.4 is 0 Å². The second kappa shape index (κ2) is 6.75. The van der Waals surface area contributed by atoms with E-state index in [1.54, 1.807) is 11.8 Å². The minimum Gasteiger partial charge on any atom is -0.207 e. The van der Waals surface area contributed by atoms with Gasteiger partial charge < -0.3 is 0 Å². The Morgan fingerprint density at radius 3 is 2.67 bits per heavy atom. The number of sulfonamides is 1. The van der Waals surface area contributed by atoms with Crippen LogP contribution in [-0.2, 0) is 15.9 Å². The van der Waals surface area contributed by atoms with Gasteiger partial charge in [0.25, 0.3) is 0 Å². The molecule has 18 heavy (non-hydrogen) atoms. The summed E-state index contributed by atoms with van der Waals surface area (Å²) in [5, 5.41) is 0. The number of thioether (sulfide) groups is 1. The van der Waals surface area contributed by atoms with Crippen LogP contribution in [0.1, 0.15) is 5.56 Å². The molecular weight excluding hydrogens is 297 g/mol. The summed E-state index contributed by atoms with van der Waals surface area (Å²) in [5.74, 6) is 0.166. The van der Waals surface area contributed by atoms with Gasteiger partial charge in [-0.15, -0.1) is 11.6 Å². The predicted octanol–water partition coefficient (Wildman–Crippen LogP) is 2.55. The summed E-state index contributed by atoms with van der Waals surface area (Å²) in [4.78, 5) is 0.0724. The summed E-state index contributed by atoms with van der Waals surface area (Å²) in [7, 11) is -2.06. The SMILES string of the molecule is CSCCN(C)S(=O)(=O)c1ccc(F)c(CCl)c1. The van der Waals surface area contributed by atoms with Crippen molar-refractivity contribution in [2.45, 2.75) is 10.8 Å². The molecule has 3 nitrogen and oxygen atoms in total. The van der Waals surface area contributed by atoms with Crippen molar-refractivity contribution < 1.29 is 12.8 Å². The third-order valence-electron chi connectivity index (χ3n) is 2.48. The summed E-state index contributed by atoms with van der Waals surface area (Å²) >= 11 is 7.13. The van der Waals surface area contributed by atoms with E-state index in [4.69, 9.17) is 11.6 Å². The topological polar surface area (TPSA) is 37.4 Å². The van der Waals surface area contributed by atoms with Crippen molar-refractivity contribution in [1.29, 1.82) is 0 Å². The van der Waals surface area contributed by atoms with E-state index >= 15 is 0 Å². The largest absolute Gasteiger partial charge is 0.242 e. The van der Waals surface area contributed by atoms with E-state index in [0.717, 1.165) is 6.07 Å². The maximum absolute atomic E-state index is 13.3. The van der Waals surface area contributed by atoms with Crippen molar-refractivity contribution in [2.75, 3.05) is 25.6 Å². The van der Waals surface area contributed by atoms with E-state index in [1.807, 2.05) is 6.26 Å². The highest BCUT2D eigenvalue weighted by Crippen LogP contribution is 2.19. The van der Waals surface area contributed by atoms with Gasteiger partial charge in [0.1, 0.15) is 5.82 Å². The standard InChI is InChI=1S/C11H15ClFNO2S2/c1-14(5-6-17-2)18(15,16)10-3-4-11(13)9(7-10)8-12/h3-4,7H,5-6,8H2,1-2H3. The number of benzene rings is 1. The van der Waals surface area contributed by atoms with Gasteiger partial charge in [-0.05, 0) is 24.5 Å².